The van der Waals surface area contributed by atoms with Crippen LogP contribution in [0.2, 0.25) is 0 Å². The second-order valence-corrected chi connectivity index (χ2v) is 6.74. The number of amides is 2. The van der Waals surface area contributed by atoms with Gasteiger partial charge >= 0.3 is 0 Å². The van der Waals surface area contributed by atoms with Gasteiger partial charge in [-0.2, -0.15) is 0 Å². The molecule has 0 spiro atoms. The third-order valence-corrected chi connectivity index (χ3v) is 5.45. The first kappa shape index (κ1) is 11.6. The molecular weight excluding hydrogens is 242 g/mol. The van der Waals surface area contributed by atoms with Gasteiger partial charge in [-0.3, -0.25) is 14.5 Å². The second kappa shape index (κ2) is 3.29. The predicted octanol–water partition coefficient (Wildman–Crippen LogP) is 1.65. The smallest absolute Gasteiger partial charge is 0.236 e. The lowest BCUT2D eigenvalue weighted by molar-refractivity contribution is -0.148. The van der Waals surface area contributed by atoms with Gasteiger partial charge in [0.1, 0.15) is 0 Å². The van der Waals surface area contributed by atoms with E-state index in [2.05, 4.69) is 0 Å². The van der Waals surface area contributed by atoms with Crippen molar-refractivity contribution in [2.45, 2.75) is 56.8 Å². The van der Waals surface area contributed by atoms with Crippen molar-refractivity contribution in [3.8, 4) is 0 Å². The molecular formula is C15H19NO3. The SMILES string of the molecule is C[C@]12C=C[C@](C)(O1)[C@H]1C(=O)N(C3CCCC3)C(=O)[C@H]12. The summed E-state index contributed by atoms with van der Waals surface area (Å²) in [6, 6.07) is 0.136. The van der Waals surface area contributed by atoms with Crippen LogP contribution in [0.15, 0.2) is 12.2 Å². The van der Waals surface area contributed by atoms with Crippen LogP contribution in [0.4, 0.5) is 0 Å². The highest BCUT2D eigenvalue weighted by molar-refractivity contribution is 6.07. The fraction of sp³-hybridized carbons (Fsp3) is 0.733. The number of hydrogen-bond acceptors (Lipinski definition) is 3. The monoisotopic (exact) mass is 261 g/mol. The van der Waals surface area contributed by atoms with Crippen molar-refractivity contribution in [1.29, 1.82) is 0 Å². The Morgan fingerprint density at radius 2 is 1.53 bits per heavy atom. The van der Waals surface area contributed by atoms with E-state index < -0.39 is 11.2 Å². The maximum atomic E-state index is 12.7. The van der Waals surface area contributed by atoms with Gasteiger partial charge in [-0.05, 0) is 26.7 Å². The van der Waals surface area contributed by atoms with Gasteiger partial charge in [0, 0.05) is 6.04 Å². The molecule has 2 bridgehead atoms. The maximum Gasteiger partial charge on any atom is 0.236 e. The number of imide groups is 1. The predicted molar refractivity (Wildman–Crippen MR) is 68.1 cm³/mol. The topological polar surface area (TPSA) is 46.6 Å². The minimum Gasteiger partial charge on any atom is -0.359 e. The Bertz CT molecular complexity index is 472. The highest BCUT2D eigenvalue weighted by Gasteiger charge is 2.70. The molecule has 4 heteroatoms. The van der Waals surface area contributed by atoms with Crippen LogP contribution >= 0.6 is 0 Å². The third kappa shape index (κ3) is 1.23. The molecule has 2 amide bonds. The lowest BCUT2D eigenvalue weighted by Gasteiger charge is -2.28. The second-order valence-electron chi connectivity index (χ2n) is 6.74. The normalized spacial score (nSPS) is 48.6. The van der Waals surface area contributed by atoms with Crippen LogP contribution in [0.1, 0.15) is 39.5 Å². The van der Waals surface area contributed by atoms with Gasteiger partial charge in [-0.1, -0.05) is 25.0 Å². The standard InChI is InChI=1S/C15H19NO3/c1-14-7-8-15(2,19-14)11-10(14)12(17)16(13(11)18)9-5-3-4-6-9/h7-11H,3-6H2,1-2H3/t10-,11+,14+,15-. The Morgan fingerprint density at radius 1 is 1.05 bits per heavy atom. The zero-order valence-corrected chi connectivity index (χ0v) is 11.4. The number of rotatable bonds is 1. The summed E-state index contributed by atoms with van der Waals surface area (Å²) >= 11 is 0. The molecule has 1 saturated carbocycles. The molecule has 19 heavy (non-hydrogen) atoms. The van der Waals surface area contributed by atoms with E-state index in [1.807, 2.05) is 26.0 Å². The molecule has 2 saturated heterocycles. The summed E-state index contributed by atoms with van der Waals surface area (Å²) < 4.78 is 5.99. The highest BCUT2D eigenvalue weighted by atomic mass is 16.5. The summed E-state index contributed by atoms with van der Waals surface area (Å²) in [5.41, 5.74) is -1.17. The molecule has 3 heterocycles. The van der Waals surface area contributed by atoms with Crippen LogP contribution in [0.25, 0.3) is 0 Å². The van der Waals surface area contributed by atoms with Crippen LogP contribution in [0.5, 0.6) is 0 Å². The Morgan fingerprint density at radius 3 is 2.00 bits per heavy atom. The summed E-state index contributed by atoms with van der Waals surface area (Å²) in [5, 5.41) is 0. The highest BCUT2D eigenvalue weighted by Crippen LogP contribution is 2.57. The van der Waals surface area contributed by atoms with Gasteiger partial charge in [0.05, 0.1) is 23.0 Å². The average Bonchev–Trinajstić information content (AvgIpc) is 3.03. The van der Waals surface area contributed by atoms with E-state index in [0.29, 0.717) is 0 Å². The van der Waals surface area contributed by atoms with Crippen molar-refractivity contribution in [3.63, 3.8) is 0 Å². The molecule has 0 aromatic heterocycles. The fourth-order valence-electron chi connectivity index (χ4n) is 4.58. The molecule has 4 rings (SSSR count). The van der Waals surface area contributed by atoms with Gasteiger partial charge in [-0.15, -0.1) is 0 Å². The number of carbonyl (C=O) groups excluding carboxylic acids is 2. The summed E-state index contributed by atoms with van der Waals surface area (Å²) in [5.74, 6) is -0.624. The van der Waals surface area contributed by atoms with Crippen molar-refractivity contribution in [3.05, 3.63) is 12.2 Å². The molecule has 4 atom stereocenters. The van der Waals surface area contributed by atoms with E-state index >= 15 is 0 Å². The quantitative estimate of drug-likeness (QED) is 0.532. The van der Waals surface area contributed by atoms with E-state index in [-0.39, 0.29) is 29.7 Å². The van der Waals surface area contributed by atoms with Gasteiger partial charge in [0.25, 0.3) is 0 Å². The molecule has 3 aliphatic heterocycles. The summed E-state index contributed by atoms with van der Waals surface area (Å²) in [4.78, 5) is 27.0. The van der Waals surface area contributed by atoms with Crippen LogP contribution in [-0.4, -0.2) is 34.0 Å². The number of carbonyl (C=O) groups is 2. The van der Waals surface area contributed by atoms with E-state index in [0.717, 1.165) is 25.7 Å². The van der Waals surface area contributed by atoms with Gasteiger partial charge in [0.2, 0.25) is 11.8 Å². The summed E-state index contributed by atoms with van der Waals surface area (Å²) in [6.07, 6.45) is 8.13. The molecule has 4 nitrogen and oxygen atoms in total. The first-order valence-electron chi connectivity index (χ1n) is 7.24. The molecule has 102 valence electrons. The number of likely N-dealkylation sites (tertiary alicyclic amines) is 1. The molecule has 0 unspecified atom stereocenters. The molecule has 0 N–H and O–H groups in total. The van der Waals surface area contributed by atoms with Crippen molar-refractivity contribution in [2.75, 3.05) is 0 Å². The van der Waals surface area contributed by atoms with E-state index in [1.54, 1.807) is 4.90 Å². The zero-order chi connectivity index (χ0) is 13.4. The van der Waals surface area contributed by atoms with E-state index in [4.69, 9.17) is 4.74 Å². The molecule has 0 aromatic rings. The van der Waals surface area contributed by atoms with Crippen LogP contribution < -0.4 is 0 Å². The van der Waals surface area contributed by atoms with Gasteiger partial charge in [0.15, 0.2) is 0 Å². The largest absolute Gasteiger partial charge is 0.359 e. The van der Waals surface area contributed by atoms with Crippen LogP contribution in [-0.2, 0) is 14.3 Å². The number of ether oxygens (including phenoxy) is 1. The molecule has 0 aromatic carbocycles. The van der Waals surface area contributed by atoms with Crippen molar-refractivity contribution >= 4 is 11.8 Å². The van der Waals surface area contributed by atoms with E-state index in [9.17, 15) is 9.59 Å². The molecule has 4 aliphatic rings. The molecule has 1 aliphatic carbocycles. The average molecular weight is 261 g/mol. The number of fused-ring (bicyclic) bond motifs is 5. The third-order valence-electron chi connectivity index (χ3n) is 5.45. The molecule has 3 fully saturated rings. The summed E-state index contributed by atoms with van der Waals surface area (Å²) in [6.45, 7) is 3.87. The summed E-state index contributed by atoms with van der Waals surface area (Å²) in [7, 11) is 0. The van der Waals surface area contributed by atoms with E-state index in [1.165, 1.54) is 0 Å². The minimum atomic E-state index is -0.584. The first-order valence-corrected chi connectivity index (χ1v) is 7.24. The van der Waals surface area contributed by atoms with Gasteiger partial charge in [-0.25, -0.2) is 0 Å². The van der Waals surface area contributed by atoms with Crippen molar-refractivity contribution in [1.82, 2.24) is 4.90 Å². The van der Waals surface area contributed by atoms with Crippen molar-refractivity contribution in [2.24, 2.45) is 11.8 Å². The first-order chi connectivity index (χ1) is 8.96. The Labute approximate surface area is 112 Å². The number of hydrogen-bond donors (Lipinski definition) is 0. The molecule has 0 radical (unpaired) electrons. The van der Waals surface area contributed by atoms with Crippen molar-refractivity contribution < 1.29 is 14.3 Å². The lowest BCUT2D eigenvalue weighted by Crippen LogP contribution is -2.44. The van der Waals surface area contributed by atoms with Crippen LogP contribution in [0, 0.1) is 11.8 Å². The zero-order valence-electron chi connectivity index (χ0n) is 11.4. The lowest BCUT2D eigenvalue weighted by atomic mass is 9.73. The number of nitrogens with zero attached hydrogens (tertiary/aromatic N) is 1. The minimum absolute atomic E-state index is 0.00234. The fourth-order valence-corrected chi connectivity index (χ4v) is 4.58. The Hall–Kier alpha value is -1.16. The Kier molecular flexibility index (Phi) is 2.02. The van der Waals surface area contributed by atoms with Crippen LogP contribution in [0.3, 0.4) is 0 Å². The maximum absolute atomic E-state index is 12.7. The van der Waals surface area contributed by atoms with Gasteiger partial charge < -0.3 is 4.74 Å². The Balaban J connectivity index is 1.75.